The number of ketones is 1. The number of carbonyl (C=O) groups is 2. The lowest BCUT2D eigenvalue weighted by Crippen LogP contribution is -2.33. The van der Waals surface area contributed by atoms with E-state index in [1.807, 2.05) is 25.1 Å². The number of hydrogen-bond acceptors (Lipinski definition) is 7. The van der Waals surface area contributed by atoms with Gasteiger partial charge in [0, 0.05) is 12.1 Å². The van der Waals surface area contributed by atoms with E-state index in [1.165, 1.54) is 0 Å². The molecule has 3 rings (SSSR count). The molecule has 1 aliphatic heterocycles. The minimum Gasteiger partial charge on any atom is -0.507 e. The molecule has 8 nitrogen and oxygen atoms in total. The third-order valence-electron chi connectivity index (χ3n) is 7.01. The first-order valence-electron chi connectivity index (χ1n) is 13.9. The quantitative estimate of drug-likeness (QED) is 0.140. The Balaban J connectivity index is 2.07. The Hall–Kier alpha value is -3.52. The molecule has 0 saturated carbocycles. The number of amides is 1. The summed E-state index contributed by atoms with van der Waals surface area (Å²) in [5, 5.41) is 11.4. The second kappa shape index (κ2) is 14.6. The van der Waals surface area contributed by atoms with Crippen LogP contribution in [0.25, 0.3) is 5.76 Å². The third-order valence-corrected chi connectivity index (χ3v) is 7.01. The smallest absolute Gasteiger partial charge is 0.295 e. The molecule has 8 heteroatoms. The molecule has 2 aromatic rings. The fraction of sp³-hybridized carbons (Fsp3) is 0.484. The molecular formula is C31H42N2O6. The monoisotopic (exact) mass is 538 g/mol. The van der Waals surface area contributed by atoms with Gasteiger partial charge in [0.25, 0.3) is 11.7 Å². The van der Waals surface area contributed by atoms with Crippen LogP contribution in [-0.4, -0.2) is 73.1 Å². The lowest BCUT2D eigenvalue weighted by atomic mass is 9.95. The van der Waals surface area contributed by atoms with Gasteiger partial charge in [-0.25, -0.2) is 0 Å². The van der Waals surface area contributed by atoms with Gasteiger partial charge in [-0.15, -0.1) is 0 Å². The number of carbonyl (C=O) groups excluding carboxylic acids is 2. The van der Waals surface area contributed by atoms with Gasteiger partial charge < -0.3 is 29.1 Å². The van der Waals surface area contributed by atoms with Crippen LogP contribution < -0.4 is 14.2 Å². The molecule has 2 aromatic carbocycles. The summed E-state index contributed by atoms with van der Waals surface area (Å²) < 4.78 is 17.1. The second-order valence-corrected chi connectivity index (χ2v) is 9.44. The van der Waals surface area contributed by atoms with Gasteiger partial charge in [0.1, 0.15) is 11.5 Å². The Morgan fingerprint density at radius 2 is 1.67 bits per heavy atom. The van der Waals surface area contributed by atoms with Gasteiger partial charge in [0.15, 0.2) is 11.5 Å². The molecule has 1 heterocycles. The van der Waals surface area contributed by atoms with E-state index in [0.717, 1.165) is 32.5 Å². The standard InChI is InChI=1S/C31H42N2O6/c1-6-10-20-39-25-17-14-23(21-26(25)38-9-4)28-27(29(34)22-12-15-24(37-5)16-13-22)30(35)31(36)33(28)19-11-18-32(7-2)8-3/h12-17,21,28,34H,6-11,18-20H2,1-5H3/b29-27+. The number of unbranched alkanes of at least 4 members (excludes halogenated alkanes) is 1. The summed E-state index contributed by atoms with van der Waals surface area (Å²) in [4.78, 5) is 30.6. The zero-order valence-electron chi connectivity index (χ0n) is 23.9. The maximum atomic E-state index is 13.4. The van der Waals surface area contributed by atoms with Crippen LogP contribution in [0.15, 0.2) is 48.0 Å². The molecule has 1 fully saturated rings. The SMILES string of the molecule is CCCCOc1ccc(C2/C(=C(\O)c3ccc(OC)cc3)C(=O)C(=O)N2CCCN(CC)CC)cc1OCC. The first-order chi connectivity index (χ1) is 18.9. The Morgan fingerprint density at radius 1 is 0.949 bits per heavy atom. The molecule has 1 saturated heterocycles. The summed E-state index contributed by atoms with van der Waals surface area (Å²) in [6.45, 7) is 12.2. The number of aliphatic hydroxyl groups excluding tert-OH is 1. The van der Waals surface area contributed by atoms with Crippen molar-refractivity contribution in [2.24, 2.45) is 0 Å². The number of aliphatic hydroxyl groups is 1. The number of likely N-dealkylation sites (tertiary alicyclic amines) is 1. The highest BCUT2D eigenvalue weighted by Gasteiger charge is 2.46. The van der Waals surface area contributed by atoms with Crippen LogP contribution in [0.2, 0.25) is 0 Å². The predicted octanol–water partition coefficient (Wildman–Crippen LogP) is 5.43. The van der Waals surface area contributed by atoms with Gasteiger partial charge in [0.2, 0.25) is 0 Å². The summed E-state index contributed by atoms with van der Waals surface area (Å²) in [6.07, 6.45) is 2.63. The first kappa shape index (κ1) is 30.0. The lowest BCUT2D eigenvalue weighted by Gasteiger charge is -2.27. The van der Waals surface area contributed by atoms with E-state index in [1.54, 1.807) is 36.3 Å². The number of hydrogen-bond donors (Lipinski definition) is 1. The van der Waals surface area contributed by atoms with Crippen LogP contribution in [0.5, 0.6) is 17.2 Å². The van der Waals surface area contributed by atoms with Crippen molar-refractivity contribution in [2.45, 2.75) is 53.0 Å². The van der Waals surface area contributed by atoms with Crippen molar-refractivity contribution in [3.05, 3.63) is 59.2 Å². The highest BCUT2D eigenvalue weighted by atomic mass is 16.5. The van der Waals surface area contributed by atoms with E-state index in [2.05, 4.69) is 25.7 Å². The molecule has 1 atom stereocenters. The number of nitrogens with zero attached hydrogens (tertiary/aromatic N) is 2. The average Bonchev–Trinajstić information content (AvgIpc) is 3.21. The van der Waals surface area contributed by atoms with Crippen molar-refractivity contribution in [2.75, 3.05) is 46.5 Å². The first-order valence-corrected chi connectivity index (χ1v) is 13.9. The zero-order valence-corrected chi connectivity index (χ0v) is 23.9. The van der Waals surface area contributed by atoms with Gasteiger partial charge in [-0.1, -0.05) is 33.3 Å². The number of ether oxygens (including phenoxy) is 3. The highest BCUT2D eigenvalue weighted by Crippen LogP contribution is 2.42. The van der Waals surface area contributed by atoms with E-state index in [0.29, 0.717) is 54.6 Å². The fourth-order valence-corrected chi connectivity index (χ4v) is 4.77. The number of methoxy groups -OCH3 is 1. The molecule has 0 aliphatic carbocycles. The van der Waals surface area contributed by atoms with E-state index in [-0.39, 0.29) is 11.3 Å². The molecular weight excluding hydrogens is 496 g/mol. The molecule has 1 amide bonds. The fourth-order valence-electron chi connectivity index (χ4n) is 4.77. The van der Waals surface area contributed by atoms with Gasteiger partial charge >= 0.3 is 0 Å². The van der Waals surface area contributed by atoms with E-state index < -0.39 is 17.7 Å². The summed E-state index contributed by atoms with van der Waals surface area (Å²) >= 11 is 0. The molecule has 0 aromatic heterocycles. The van der Waals surface area contributed by atoms with E-state index in [4.69, 9.17) is 14.2 Å². The Bertz CT molecular complexity index is 1140. The second-order valence-electron chi connectivity index (χ2n) is 9.44. The van der Waals surface area contributed by atoms with Gasteiger partial charge in [-0.3, -0.25) is 9.59 Å². The molecule has 1 N–H and O–H groups in total. The molecule has 0 spiro atoms. The summed E-state index contributed by atoms with van der Waals surface area (Å²) in [5.74, 6) is 0.258. The summed E-state index contributed by atoms with van der Waals surface area (Å²) in [6, 6.07) is 11.5. The van der Waals surface area contributed by atoms with Crippen LogP contribution >= 0.6 is 0 Å². The Kier molecular flexibility index (Phi) is 11.2. The molecule has 212 valence electrons. The van der Waals surface area contributed by atoms with Crippen LogP contribution in [0.3, 0.4) is 0 Å². The maximum absolute atomic E-state index is 13.4. The minimum absolute atomic E-state index is 0.0649. The number of Topliss-reactive ketones (excluding diaryl/α,β-unsaturated/α-hetero) is 1. The van der Waals surface area contributed by atoms with Crippen LogP contribution in [0.4, 0.5) is 0 Å². The molecule has 0 radical (unpaired) electrons. The van der Waals surface area contributed by atoms with Gasteiger partial charge in [-0.2, -0.15) is 0 Å². The van der Waals surface area contributed by atoms with Crippen molar-refractivity contribution < 1.29 is 28.9 Å². The minimum atomic E-state index is -0.757. The predicted molar refractivity (Wildman–Crippen MR) is 152 cm³/mol. The van der Waals surface area contributed by atoms with Crippen LogP contribution in [-0.2, 0) is 9.59 Å². The van der Waals surface area contributed by atoms with Gasteiger partial charge in [0.05, 0.1) is 31.9 Å². The molecule has 39 heavy (non-hydrogen) atoms. The third kappa shape index (κ3) is 7.12. The molecule has 1 unspecified atom stereocenters. The number of rotatable bonds is 15. The maximum Gasteiger partial charge on any atom is 0.295 e. The van der Waals surface area contributed by atoms with Crippen LogP contribution in [0, 0.1) is 0 Å². The Morgan fingerprint density at radius 3 is 2.28 bits per heavy atom. The van der Waals surface area contributed by atoms with Crippen molar-refractivity contribution >= 4 is 17.4 Å². The Labute approximate surface area is 232 Å². The number of benzene rings is 2. The van der Waals surface area contributed by atoms with Crippen molar-refractivity contribution in [3.63, 3.8) is 0 Å². The summed E-state index contributed by atoms with van der Waals surface area (Å²) in [5.41, 5.74) is 1.18. The van der Waals surface area contributed by atoms with Crippen molar-refractivity contribution in [1.29, 1.82) is 0 Å². The van der Waals surface area contributed by atoms with E-state index >= 15 is 0 Å². The topological polar surface area (TPSA) is 88.5 Å². The average molecular weight is 539 g/mol. The van der Waals surface area contributed by atoms with Gasteiger partial charge in [-0.05, 0) is 81.4 Å². The van der Waals surface area contributed by atoms with Crippen LogP contribution in [0.1, 0.15) is 64.1 Å². The lowest BCUT2D eigenvalue weighted by molar-refractivity contribution is -0.140. The molecule has 1 aliphatic rings. The highest BCUT2D eigenvalue weighted by molar-refractivity contribution is 6.46. The van der Waals surface area contributed by atoms with Crippen molar-refractivity contribution in [1.82, 2.24) is 9.80 Å². The largest absolute Gasteiger partial charge is 0.507 e. The van der Waals surface area contributed by atoms with Crippen molar-refractivity contribution in [3.8, 4) is 17.2 Å². The van der Waals surface area contributed by atoms with E-state index in [9.17, 15) is 14.7 Å². The zero-order chi connectivity index (χ0) is 28.4. The normalized spacial score (nSPS) is 16.7. The summed E-state index contributed by atoms with van der Waals surface area (Å²) in [7, 11) is 1.56. The molecule has 0 bridgehead atoms.